The zero-order valence-corrected chi connectivity index (χ0v) is 9.40. The fourth-order valence-corrected chi connectivity index (χ4v) is 4.08. The van der Waals surface area contributed by atoms with Gasteiger partial charge in [-0.15, -0.1) is 0 Å². The molecule has 1 aromatic carbocycles. The van der Waals surface area contributed by atoms with Gasteiger partial charge in [-0.3, -0.25) is 0 Å². The minimum absolute atomic E-state index is 0.0953. The SMILES string of the molecule is O=C(O)c1ccccc1C1CCCS1(=O)=O. The van der Waals surface area contributed by atoms with Crippen LogP contribution in [0.25, 0.3) is 0 Å². The van der Waals surface area contributed by atoms with E-state index in [1.807, 2.05) is 0 Å². The summed E-state index contributed by atoms with van der Waals surface area (Å²) in [5, 5.41) is 8.36. The summed E-state index contributed by atoms with van der Waals surface area (Å²) in [4.78, 5) is 11.0. The van der Waals surface area contributed by atoms with Gasteiger partial charge >= 0.3 is 5.97 Å². The number of carboxylic acid groups (broad SMARTS) is 1. The second kappa shape index (κ2) is 3.90. The van der Waals surface area contributed by atoms with E-state index in [1.165, 1.54) is 6.07 Å². The molecule has 4 nitrogen and oxygen atoms in total. The maximum atomic E-state index is 11.7. The molecule has 1 N–H and O–H groups in total. The van der Waals surface area contributed by atoms with Crippen molar-refractivity contribution < 1.29 is 18.3 Å². The quantitative estimate of drug-likeness (QED) is 0.852. The number of hydrogen-bond donors (Lipinski definition) is 1. The summed E-state index contributed by atoms with van der Waals surface area (Å²) < 4.78 is 23.5. The summed E-state index contributed by atoms with van der Waals surface area (Å²) in [6.45, 7) is 0. The van der Waals surface area contributed by atoms with Crippen molar-refractivity contribution in [2.45, 2.75) is 18.1 Å². The highest BCUT2D eigenvalue weighted by Crippen LogP contribution is 2.36. The van der Waals surface area contributed by atoms with Crippen LogP contribution in [0, 0.1) is 0 Å². The van der Waals surface area contributed by atoms with Crippen LogP contribution in [-0.2, 0) is 9.84 Å². The second-order valence-electron chi connectivity index (χ2n) is 3.89. The normalized spacial score (nSPS) is 23.1. The molecule has 0 aliphatic carbocycles. The first-order chi connectivity index (χ1) is 7.52. The number of carboxylic acids is 1. The Morgan fingerprint density at radius 3 is 2.56 bits per heavy atom. The van der Waals surface area contributed by atoms with Crippen molar-refractivity contribution in [3.63, 3.8) is 0 Å². The van der Waals surface area contributed by atoms with E-state index >= 15 is 0 Å². The Labute approximate surface area is 93.8 Å². The Morgan fingerprint density at radius 1 is 1.31 bits per heavy atom. The molecule has 0 aromatic heterocycles. The number of aromatic carboxylic acids is 1. The van der Waals surface area contributed by atoms with Crippen molar-refractivity contribution in [1.29, 1.82) is 0 Å². The van der Waals surface area contributed by atoms with Gasteiger partial charge in [-0.05, 0) is 24.5 Å². The van der Waals surface area contributed by atoms with Gasteiger partial charge in [0.15, 0.2) is 9.84 Å². The average Bonchev–Trinajstić information content (AvgIpc) is 2.58. The molecule has 0 amide bonds. The van der Waals surface area contributed by atoms with E-state index in [0.29, 0.717) is 18.4 Å². The molecular formula is C11H12O4S. The van der Waals surface area contributed by atoms with E-state index in [2.05, 4.69) is 0 Å². The van der Waals surface area contributed by atoms with E-state index in [0.717, 1.165) is 0 Å². The summed E-state index contributed by atoms with van der Waals surface area (Å²) in [6.07, 6.45) is 1.13. The van der Waals surface area contributed by atoms with Crippen LogP contribution in [0.4, 0.5) is 0 Å². The van der Waals surface area contributed by atoms with Gasteiger partial charge in [-0.2, -0.15) is 0 Å². The Morgan fingerprint density at radius 2 is 2.00 bits per heavy atom. The monoisotopic (exact) mass is 240 g/mol. The maximum Gasteiger partial charge on any atom is 0.336 e. The fourth-order valence-electron chi connectivity index (χ4n) is 2.11. The van der Waals surface area contributed by atoms with Crippen LogP contribution in [0.15, 0.2) is 24.3 Å². The van der Waals surface area contributed by atoms with Crippen LogP contribution in [0.3, 0.4) is 0 Å². The molecule has 5 heteroatoms. The van der Waals surface area contributed by atoms with Crippen LogP contribution in [0.1, 0.15) is 34.0 Å². The first-order valence-corrected chi connectivity index (χ1v) is 6.78. The molecule has 0 saturated carbocycles. The third kappa shape index (κ3) is 1.82. The molecule has 1 aliphatic heterocycles. The minimum atomic E-state index is -3.16. The number of sulfone groups is 1. The summed E-state index contributed by atoms with van der Waals surface area (Å²) >= 11 is 0. The fraction of sp³-hybridized carbons (Fsp3) is 0.364. The Hall–Kier alpha value is -1.36. The van der Waals surface area contributed by atoms with Crippen molar-refractivity contribution in [3.8, 4) is 0 Å². The van der Waals surface area contributed by atoms with Crippen LogP contribution < -0.4 is 0 Å². The molecule has 16 heavy (non-hydrogen) atoms. The first-order valence-electron chi connectivity index (χ1n) is 5.06. The van der Waals surface area contributed by atoms with Gasteiger partial charge < -0.3 is 5.11 Å². The molecule has 1 aliphatic rings. The standard InChI is InChI=1S/C11H12O4S/c12-11(13)9-5-2-1-4-8(9)10-6-3-7-16(10,14)15/h1-2,4-5,10H,3,6-7H2,(H,12,13). The predicted octanol–water partition coefficient (Wildman–Crippen LogP) is 1.63. The van der Waals surface area contributed by atoms with Gasteiger partial charge in [0.2, 0.25) is 0 Å². The zero-order chi connectivity index (χ0) is 11.8. The third-order valence-electron chi connectivity index (χ3n) is 2.87. The molecule has 1 unspecified atom stereocenters. The lowest BCUT2D eigenvalue weighted by Crippen LogP contribution is -2.12. The number of hydrogen-bond acceptors (Lipinski definition) is 3. The smallest absolute Gasteiger partial charge is 0.336 e. The zero-order valence-electron chi connectivity index (χ0n) is 8.59. The Balaban J connectivity index is 2.52. The van der Waals surface area contributed by atoms with E-state index in [9.17, 15) is 13.2 Å². The van der Waals surface area contributed by atoms with Crippen LogP contribution >= 0.6 is 0 Å². The number of carbonyl (C=O) groups is 1. The van der Waals surface area contributed by atoms with Gasteiger partial charge in [0.1, 0.15) is 0 Å². The molecule has 1 heterocycles. The lowest BCUT2D eigenvalue weighted by atomic mass is 10.0. The minimum Gasteiger partial charge on any atom is -0.478 e. The van der Waals surface area contributed by atoms with Crippen molar-refractivity contribution in [2.75, 3.05) is 5.75 Å². The third-order valence-corrected chi connectivity index (χ3v) is 5.08. The molecule has 0 spiro atoms. The van der Waals surface area contributed by atoms with E-state index < -0.39 is 21.1 Å². The lowest BCUT2D eigenvalue weighted by Gasteiger charge is -2.12. The highest BCUT2D eigenvalue weighted by atomic mass is 32.2. The van der Waals surface area contributed by atoms with E-state index in [-0.39, 0.29) is 11.3 Å². The van der Waals surface area contributed by atoms with E-state index in [4.69, 9.17) is 5.11 Å². The van der Waals surface area contributed by atoms with Gasteiger partial charge in [-0.25, -0.2) is 13.2 Å². The second-order valence-corrected chi connectivity index (χ2v) is 6.19. The predicted molar refractivity (Wildman–Crippen MR) is 59.2 cm³/mol. The van der Waals surface area contributed by atoms with Crippen LogP contribution in [-0.4, -0.2) is 25.2 Å². The highest BCUT2D eigenvalue weighted by molar-refractivity contribution is 7.91. The average molecular weight is 240 g/mol. The summed E-state index contributed by atoms with van der Waals surface area (Å²) in [7, 11) is -3.16. The van der Waals surface area contributed by atoms with Gasteiger partial charge in [0.05, 0.1) is 16.6 Å². The number of benzene rings is 1. The van der Waals surface area contributed by atoms with Crippen molar-refractivity contribution in [2.24, 2.45) is 0 Å². The van der Waals surface area contributed by atoms with Crippen molar-refractivity contribution in [3.05, 3.63) is 35.4 Å². The van der Waals surface area contributed by atoms with Crippen molar-refractivity contribution >= 4 is 15.8 Å². The largest absolute Gasteiger partial charge is 0.478 e. The molecule has 0 radical (unpaired) electrons. The summed E-state index contributed by atoms with van der Waals surface area (Å²) in [6, 6.07) is 6.33. The molecule has 86 valence electrons. The topological polar surface area (TPSA) is 71.4 Å². The lowest BCUT2D eigenvalue weighted by molar-refractivity contribution is 0.0695. The molecule has 1 atom stereocenters. The van der Waals surface area contributed by atoms with Gasteiger partial charge in [-0.1, -0.05) is 18.2 Å². The number of rotatable bonds is 2. The van der Waals surface area contributed by atoms with Crippen LogP contribution in [0.2, 0.25) is 0 Å². The maximum absolute atomic E-state index is 11.7. The molecule has 1 aromatic rings. The van der Waals surface area contributed by atoms with Crippen molar-refractivity contribution in [1.82, 2.24) is 0 Å². The Bertz CT molecular complexity index is 519. The summed E-state index contributed by atoms with van der Waals surface area (Å²) in [5.41, 5.74) is 0.519. The molecule has 0 bridgehead atoms. The Kier molecular flexibility index (Phi) is 2.71. The van der Waals surface area contributed by atoms with Crippen LogP contribution in [0.5, 0.6) is 0 Å². The molecule has 1 saturated heterocycles. The van der Waals surface area contributed by atoms with E-state index in [1.54, 1.807) is 18.2 Å². The summed E-state index contributed by atoms with van der Waals surface area (Å²) in [5.74, 6) is -0.913. The van der Waals surface area contributed by atoms with Gasteiger partial charge in [0.25, 0.3) is 0 Å². The highest BCUT2D eigenvalue weighted by Gasteiger charge is 2.34. The van der Waals surface area contributed by atoms with Gasteiger partial charge in [0, 0.05) is 0 Å². The first kappa shape index (κ1) is 11.1. The molecule has 2 rings (SSSR count). The molecule has 1 fully saturated rings. The molecular weight excluding hydrogens is 228 g/mol.